The highest BCUT2D eigenvalue weighted by Crippen LogP contribution is 2.36. The van der Waals surface area contributed by atoms with E-state index in [4.69, 9.17) is 21.4 Å². The Morgan fingerprint density at radius 1 is 1.53 bits per heavy atom. The molecule has 2 unspecified atom stereocenters. The molecule has 0 aliphatic carbocycles. The number of halogens is 2. The van der Waals surface area contributed by atoms with Crippen LogP contribution in [0.3, 0.4) is 0 Å². The van der Waals surface area contributed by atoms with Crippen molar-refractivity contribution in [3.63, 3.8) is 0 Å². The summed E-state index contributed by atoms with van der Waals surface area (Å²) in [5.41, 5.74) is 0.444. The normalized spacial score (nSPS) is 25.8. The molecular formula is C11H12ClFO2. The Bertz CT molecular complexity index is 356. The van der Waals surface area contributed by atoms with E-state index in [0.717, 1.165) is 6.42 Å². The van der Waals surface area contributed by atoms with Gasteiger partial charge in [-0.25, -0.2) is 4.39 Å². The highest BCUT2D eigenvalue weighted by molar-refractivity contribution is 6.30. The topological polar surface area (TPSA) is 29.5 Å². The molecule has 1 aliphatic heterocycles. The lowest BCUT2D eigenvalue weighted by Crippen LogP contribution is -2.12. The summed E-state index contributed by atoms with van der Waals surface area (Å²) in [5, 5.41) is 9.61. The van der Waals surface area contributed by atoms with Gasteiger partial charge < -0.3 is 9.84 Å². The van der Waals surface area contributed by atoms with E-state index in [0.29, 0.717) is 17.2 Å². The minimum Gasteiger partial charge on any atom is -0.396 e. The van der Waals surface area contributed by atoms with Crippen molar-refractivity contribution in [2.45, 2.75) is 12.5 Å². The summed E-state index contributed by atoms with van der Waals surface area (Å²) >= 11 is 5.80. The average Bonchev–Trinajstić information content (AvgIpc) is 2.69. The molecule has 15 heavy (non-hydrogen) atoms. The summed E-state index contributed by atoms with van der Waals surface area (Å²) in [7, 11) is 0. The van der Waals surface area contributed by atoms with Crippen molar-refractivity contribution in [1.82, 2.24) is 0 Å². The number of ether oxygens (including phenoxy) is 1. The lowest BCUT2D eigenvalue weighted by Gasteiger charge is -2.17. The molecule has 4 heteroatoms. The minimum atomic E-state index is -0.367. The first-order chi connectivity index (χ1) is 7.22. The van der Waals surface area contributed by atoms with E-state index in [-0.39, 0.29) is 24.4 Å². The number of hydrogen-bond donors (Lipinski definition) is 1. The SMILES string of the molecule is OCC1CCOC1c1cc(Cl)ccc1F. The van der Waals surface area contributed by atoms with Gasteiger partial charge in [0, 0.05) is 29.7 Å². The second-order valence-electron chi connectivity index (χ2n) is 3.69. The molecule has 2 nitrogen and oxygen atoms in total. The smallest absolute Gasteiger partial charge is 0.129 e. The van der Waals surface area contributed by atoms with Gasteiger partial charge in [0.15, 0.2) is 0 Å². The van der Waals surface area contributed by atoms with E-state index in [9.17, 15) is 4.39 Å². The van der Waals surface area contributed by atoms with Gasteiger partial charge in [0.2, 0.25) is 0 Å². The van der Waals surface area contributed by atoms with Gasteiger partial charge in [-0.1, -0.05) is 11.6 Å². The average molecular weight is 231 g/mol. The molecule has 1 aliphatic rings. The number of hydrogen-bond acceptors (Lipinski definition) is 2. The molecular weight excluding hydrogens is 219 g/mol. The fraction of sp³-hybridized carbons (Fsp3) is 0.455. The largest absolute Gasteiger partial charge is 0.396 e. The summed E-state index contributed by atoms with van der Waals surface area (Å²) in [4.78, 5) is 0. The first-order valence-electron chi connectivity index (χ1n) is 4.90. The molecule has 0 aromatic heterocycles. The van der Waals surface area contributed by atoms with Gasteiger partial charge in [-0.15, -0.1) is 0 Å². The number of aliphatic hydroxyl groups is 1. The van der Waals surface area contributed by atoms with Crippen molar-refractivity contribution in [3.05, 3.63) is 34.6 Å². The van der Waals surface area contributed by atoms with Crippen molar-refractivity contribution < 1.29 is 14.2 Å². The number of aliphatic hydroxyl groups excluding tert-OH is 1. The van der Waals surface area contributed by atoms with Crippen LogP contribution < -0.4 is 0 Å². The third kappa shape index (κ3) is 2.14. The summed E-state index contributed by atoms with van der Waals surface area (Å²) in [6.45, 7) is 0.568. The van der Waals surface area contributed by atoms with Crippen LogP contribution in [0.1, 0.15) is 18.1 Å². The summed E-state index contributed by atoms with van der Waals surface area (Å²) in [6, 6.07) is 4.40. The van der Waals surface area contributed by atoms with E-state index < -0.39 is 0 Å². The lowest BCUT2D eigenvalue weighted by atomic mass is 9.96. The lowest BCUT2D eigenvalue weighted by molar-refractivity contribution is 0.0693. The maximum atomic E-state index is 13.5. The zero-order valence-electron chi connectivity index (χ0n) is 8.12. The standard InChI is InChI=1S/C11H12ClFO2/c12-8-1-2-10(13)9(5-8)11-7(6-14)3-4-15-11/h1-2,5,7,11,14H,3-4,6H2. The third-order valence-corrected chi connectivity index (χ3v) is 2.95. The van der Waals surface area contributed by atoms with E-state index in [2.05, 4.69) is 0 Å². The van der Waals surface area contributed by atoms with E-state index in [1.807, 2.05) is 0 Å². The Labute approximate surface area is 92.6 Å². The molecule has 1 N–H and O–H groups in total. The van der Waals surface area contributed by atoms with Crippen molar-refractivity contribution in [2.24, 2.45) is 5.92 Å². The van der Waals surface area contributed by atoms with Crippen LogP contribution >= 0.6 is 11.6 Å². The fourth-order valence-corrected chi connectivity index (χ4v) is 2.08. The summed E-state index contributed by atoms with van der Waals surface area (Å²) in [6.07, 6.45) is 0.390. The van der Waals surface area contributed by atoms with Crippen molar-refractivity contribution in [2.75, 3.05) is 13.2 Å². The van der Waals surface area contributed by atoms with E-state index in [1.54, 1.807) is 6.07 Å². The Kier molecular flexibility index (Phi) is 3.24. The van der Waals surface area contributed by atoms with Gasteiger partial charge >= 0.3 is 0 Å². The molecule has 2 rings (SSSR count). The molecule has 2 atom stereocenters. The zero-order valence-corrected chi connectivity index (χ0v) is 8.88. The Balaban J connectivity index is 2.31. The van der Waals surface area contributed by atoms with Crippen LogP contribution in [-0.2, 0) is 4.74 Å². The zero-order chi connectivity index (χ0) is 10.8. The molecule has 1 fully saturated rings. The second kappa shape index (κ2) is 4.47. The molecule has 0 amide bonds. The molecule has 0 radical (unpaired) electrons. The highest BCUT2D eigenvalue weighted by Gasteiger charge is 2.31. The molecule has 1 saturated heterocycles. The van der Waals surface area contributed by atoms with Crippen LogP contribution in [0.15, 0.2) is 18.2 Å². The van der Waals surface area contributed by atoms with Gasteiger partial charge in [-0.3, -0.25) is 0 Å². The maximum absolute atomic E-state index is 13.5. The van der Waals surface area contributed by atoms with Crippen LogP contribution in [0.25, 0.3) is 0 Å². The molecule has 1 heterocycles. The third-order valence-electron chi connectivity index (χ3n) is 2.71. The monoisotopic (exact) mass is 230 g/mol. The van der Waals surface area contributed by atoms with Gasteiger partial charge in [0.25, 0.3) is 0 Å². The van der Waals surface area contributed by atoms with Crippen LogP contribution in [0, 0.1) is 11.7 Å². The van der Waals surface area contributed by atoms with Gasteiger partial charge in [-0.05, 0) is 24.6 Å². The molecule has 0 spiro atoms. The molecule has 0 bridgehead atoms. The fourth-order valence-electron chi connectivity index (χ4n) is 1.90. The predicted molar refractivity (Wildman–Crippen MR) is 55.3 cm³/mol. The van der Waals surface area contributed by atoms with Gasteiger partial charge in [0.1, 0.15) is 5.82 Å². The predicted octanol–water partition coefficient (Wildman–Crippen LogP) is 2.55. The molecule has 1 aromatic carbocycles. The number of benzene rings is 1. The molecule has 0 saturated carbocycles. The Hall–Kier alpha value is -0.640. The maximum Gasteiger partial charge on any atom is 0.129 e. The summed E-state index contributed by atoms with van der Waals surface area (Å²) in [5.74, 6) is -0.359. The Morgan fingerprint density at radius 3 is 3.07 bits per heavy atom. The summed E-state index contributed by atoms with van der Waals surface area (Å²) < 4.78 is 18.9. The van der Waals surface area contributed by atoms with E-state index >= 15 is 0 Å². The van der Waals surface area contributed by atoms with Crippen LogP contribution in [0.4, 0.5) is 4.39 Å². The van der Waals surface area contributed by atoms with Gasteiger partial charge in [-0.2, -0.15) is 0 Å². The van der Waals surface area contributed by atoms with Crippen molar-refractivity contribution >= 4 is 11.6 Å². The first kappa shape index (κ1) is 10.9. The van der Waals surface area contributed by atoms with Crippen LogP contribution in [0.2, 0.25) is 5.02 Å². The van der Waals surface area contributed by atoms with E-state index in [1.165, 1.54) is 12.1 Å². The quantitative estimate of drug-likeness (QED) is 0.846. The van der Waals surface area contributed by atoms with Crippen LogP contribution in [-0.4, -0.2) is 18.3 Å². The second-order valence-corrected chi connectivity index (χ2v) is 4.12. The number of rotatable bonds is 2. The molecule has 82 valence electrons. The van der Waals surface area contributed by atoms with Crippen LogP contribution in [0.5, 0.6) is 0 Å². The minimum absolute atomic E-state index is 0.0105. The molecule has 1 aromatic rings. The van der Waals surface area contributed by atoms with Crippen molar-refractivity contribution in [3.8, 4) is 0 Å². The first-order valence-corrected chi connectivity index (χ1v) is 5.27. The van der Waals surface area contributed by atoms with Gasteiger partial charge in [0.05, 0.1) is 6.10 Å². The Morgan fingerprint density at radius 2 is 2.33 bits per heavy atom. The highest BCUT2D eigenvalue weighted by atomic mass is 35.5. The van der Waals surface area contributed by atoms with Crippen molar-refractivity contribution in [1.29, 1.82) is 0 Å².